The van der Waals surface area contributed by atoms with E-state index in [-0.39, 0.29) is 11.5 Å². The van der Waals surface area contributed by atoms with Gasteiger partial charge in [-0.05, 0) is 79.6 Å². The van der Waals surface area contributed by atoms with Gasteiger partial charge < -0.3 is 10.4 Å². The van der Waals surface area contributed by atoms with Crippen LogP contribution in [-0.4, -0.2) is 33.3 Å². The van der Waals surface area contributed by atoms with Crippen LogP contribution in [0.4, 0.5) is 19.3 Å². The van der Waals surface area contributed by atoms with Crippen molar-refractivity contribution in [2.45, 2.75) is 31.3 Å². The number of Topliss-reactive ketones (excluding diaryl/α,β-unsaturated/α-hetero) is 1. The van der Waals surface area contributed by atoms with Crippen LogP contribution < -0.4 is 5.32 Å². The second-order valence-corrected chi connectivity index (χ2v) is 11.0. The third-order valence-corrected chi connectivity index (χ3v) is 8.13. The van der Waals surface area contributed by atoms with Crippen molar-refractivity contribution in [3.05, 3.63) is 136 Å². The SMILES string of the molecule is Cc1cccc(C(=O)C2C(c3ccc(Cl)cc3)N(C(=O)Nc3ccc(F)cc3)C(C)(C(=O)O)C2c2ccc(F)cc2)c1. The van der Waals surface area contributed by atoms with Crippen molar-refractivity contribution in [3.8, 4) is 0 Å². The number of hydrogen-bond donors (Lipinski definition) is 2. The molecule has 4 unspecified atom stereocenters. The first-order chi connectivity index (χ1) is 20.0. The summed E-state index contributed by atoms with van der Waals surface area (Å²) in [4.78, 5) is 43.1. The minimum atomic E-state index is -1.99. The largest absolute Gasteiger partial charge is 0.479 e. The van der Waals surface area contributed by atoms with E-state index in [1.807, 2.05) is 13.0 Å². The van der Waals surface area contributed by atoms with Crippen LogP contribution in [0.3, 0.4) is 0 Å². The van der Waals surface area contributed by atoms with Gasteiger partial charge in [0.25, 0.3) is 0 Å². The topological polar surface area (TPSA) is 86.7 Å². The molecule has 1 aliphatic rings. The molecule has 1 fully saturated rings. The van der Waals surface area contributed by atoms with E-state index in [1.54, 1.807) is 42.5 Å². The van der Waals surface area contributed by atoms with Gasteiger partial charge in [0.05, 0.1) is 12.0 Å². The number of ketones is 1. The van der Waals surface area contributed by atoms with E-state index in [2.05, 4.69) is 5.32 Å². The number of benzene rings is 4. The summed E-state index contributed by atoms with van der Waals surface area (Å²) in [5.41, 5.74) is 0.277. The molecular formula is C33H27ClF2N2O4. The highest BCUT2D eigenvalue weighted by molar-refractivity contribution is 6.30. The zero-order valence-electron chi connectivity index (χ0n) is 22.7. The van der Waals surface area contributed by atoms with E-state index in [0.717, 1.165) is 22.6 Å². The molecule has 214 valence electrons. The summed E-state index contributed by atoms with van der Waals surface area (Å²) in [5.74, 6) is -4.97. The van der Waals surface area contributed by atoms with Crippen LogP contribution in [-0.2, 0) is 4.79 Å². The minimum absolute atomic E-state index is 0.232. The van der Waals surface area contributed by atoms with Gasteiger partial charge in [0.1, 0.15) is 17.2 Å². The summed E-state index contributed by atoms with van der Waals surface area (Å²) < 4.78 is 27.6. The lowest BCUT2D eigenvalue weighted by molar-refractivity contribution is -0.148. The van der Waals surface area contributed by atoms with E-state index in [0.29, 0.717) is 21.7 Å². The van der Waals surface area contributed by atoms with Crippen LogP contribution in [0.25, 0.3) is 0 Å². The summed E-state index contributed by atoms with van der Waals surface area (Å²) in [5, 5.41) is 13.9. The molecule has 2 N–H and O–H groups in total. The number of nitrogens with zero attached hydrogens (tertiary/aromatic N) is 1. The normalized spacial score (nSPS) is 21.6. The summed E-state index contributed by atoms with van der Waals surface area (Å²) in [6, 6.07) is 21.9. The van der Waals surface area contributed by atoms with E-state index in [4.69, 9.17) is 11.6 Å². The molecule has 2 amide bonds. The number of carboxylic acid groups (broad SMARTS) is 1. The number of carboxylic acids is 1. The summed E-state index contributed by atoms with van der Waals surface area (Å²) in [6.07, 6.45) is 0. The van der Waals surface area contributed by atoms with Gasteiger partial charge in [0.2, 0.25) is 0 Å². The summed E-state index contributed by atoms with van der Waals surface area (Å²) >= 11 is 6.18. The zero-order chi connectivity index (χ0) is 30.2. The summed E-state index contributed by atoms with van der Waals surface area (Å²) in [6.45, 7) is 3.23. The second kappa shape index (κ2) is 11.4. The van der Waals surface area contributed by atoms with Gasteiger partial charge in [0, 0.05) is 22.2 Å². The molecule has 1 heterocycles. The zero-order valence-corrected chi connectivity index (χ0v) is 23.5. The molecule has 1 saturated heterocycles. The smallest absolute Gasteiger partial charge is 0.330 e. The fourth-order valence-electron chi connectivity index (χ4n) is 5.93. The van der Waals surface area contributed by atoms with Gasteiger partial charge in [-0.3, -0.25) is 9.69 Å². The number of carbonyl (C=O) groups is 3. The molecule has 5 rings (SSSR count). The van der Waals surface area contributed by atoms with Crippen LogP contribution in [0.1, 0.15) is 45.9 Å². The highest BCUT2D eigenvalue weighted by Gasteiger charge is 2.65. The van der Waals surface area contributed by atoms with Crippen LogP contribution in [0, 0.1) is 24.5 Å². The number of hydrogen-bond acceptors (Lipinski definition) is 3. The molecule has 0 aliphatic carbocycles. The molecule has 6 nitrogen and oxygen atoms in total. The Hall–Kier alpha value is -4.56. The third kappa shape index (κ3) is 5.25. The number of nitrogens with one attached hydrogen (secondary N) is 1. The van der Waals surface area contributed by atoms with Gasteiger partial charge in [-0.25, -0.2) is 18.4 Å². The maximum Gasteiger partial charge on any atom is 0.330 e. The predicted octanol–water partition coefficient (Wildman–Crippen LogP) is 7.64. The number of halogens is 3. The predicted molar refractivity (Wildman–Crippen MR) is 156 cm³/mol. The molecule has 4 aromatic carbocycles. The lowest BCUT2D eigenvalue weighted by Crippen LogP contribution is -2.55. The van der Waals surface area contributed by atoms with Gasteiger partial charge in [-0.1, -0.05) is 59.6 Å². The minimum Gasteiger partial charge on any atom is -0.479 e. The van der Waals surface area contributed by atoms with Gasteiger partial charge >= 0.3 is 12.0 Å². The van der Waals surface area contributed by atoms with Crippen molar-refractivity contribution in [2.24, 2.45) is 5.92 Å². The average molecular weight is 589 g/mol. The monoisotopic (exact) mass is 588 g/mol. The van der Waals surface area contributed by atoms with Crippen molar-refractivity contribution < 1.29 is 28.3 Å². The fourth-order valence-corrected chi connectivity index (χ4v) is 6.05. The molecule has 0 aromatic heterocycles. The Bertz CT molecular complexity index is 1640. The number of aliphatic carboxylic acids is 1. The second-order valence-electron chi connectivity index (χ2n) is 10.5. The number of aryl methyl sites for hydroxylation is 1. The molecule has 4 aromatic rings. The molecule has 0 radical (unpaired) electrons. The lowest BCUT2D eigenvalue weighted by atomic mass is 9.71. The van der Waals surface area contributed by atoms with E-state index in [1.165, 1.54) is 43.3 Å². The Balaban J connectivity index is 1.77. The Morgan fingerprint density at radius 2 is 1.43 bits per heavy atom. The number of carbonyl (C=O) groups excluding carboxylic acids is 2. The van der Waals surface area contributed by atoms with Gasteiger partial charge in [0.15, 0.2) is 5.78 Å². The molecule has 0 saturated carbocycles. The van der Waals surface area contributed by atoms with Crippen LogP contribution in [0.15, 0.2) is 97.1 Å². The maximum absolute atomic E-state index is 14.5. The quantitative estimate of drug-likeness (QED) is 0.227. The Kier molecular flexibility index (Phi) is 7.84. The molecule has 1 aliphatic heterocycles. The van der Waals surface area contributed by atoms with Crippen molar-refractivity contribution in [3.63, 3.8) is 0 Å². The van der Waals surface area contributed by atoms with E-state index in [9.17, 15) is 28.3 Å². The van der Waals surface area contributed by atoms with E-state index < -0.39 is 47.1 Å². The lowest BCUT2D eigenvalue weighted by Gasteiger charge is -2.37. The Morgan fingerprint density at radius 3 is 2.00 bits per heavy atom. The maximum atomic E-state index is 14.5. The third-order valence-electron chi connectivity index (χ3n) is 7.88. The van der Waals surface area contributed by atoms with Crippen molar-refractivity contribution >= 4 is 35.1 Å². The highest BCUT2D eigenvalue weighted by Crippen LogP contribution is 2.56. The van der Waals surface area contributed by atoms with Crippen molar-refractivity contribution in [1.29, 1.82) is 0 Å². The molecule has 4 atom stereocenters. The highest BCUT2D eigenvalue weighted by atomic mass is 35.5. The van der Waals surface area contributed by atoms with Gasteiger partial charge in [-0.2, -0.15) is 0 Å². The Labute approximate surface area is 246 Å². The van der Waals surface area contributed by atoms with Crippen molar-refractivity contribution in [1.82, 2.24) is 4.90 Å². The van der Waals surface area contributed by atoms with Gasteiger partial charge in [-0.15, -0.1) is 0 Å². The van der Waals surface area contributed by atoms with Crippen LogP contribution in [0.5, 0.6) is 0 Å². The summed E-state index contributed by atoms with van der Waals surface area (Å²) in [7, 11) is 0. The molecule has 0 bridgehead atoms. The molecule has 0 spiro atoms. The fraction of sp³-hybridized carbons (Fsp3) is 0.182. The van der Waals surface area contributed by atoms with E-state index >= 15 is 0 Å². The molecule has 42 heavy (non-hydrogen) atoms. The first kappa shape index (κ1) is 29.0. The number of anilines is 1. The van der Waals surface area contributed by atoms with Crippen LogP contribution >= 0.6 is 11.6 Å². The number of amides is 2. The van der Waals surface area contributed by atoms with Crippen molar-refractivity contribution in [2.75, 3.05) is 5.32 Å². The van der Waals surface area contributed by atoms with Crippen LogP contribution in [0.2, 0.25) is 5.02 Å². The molecule has 9 heteroatoms. The first-order valence-corrected chi connectivity index (χ1v) is 13.6. The first-order valence-electron chi connectivity index (χ1n) is 13.2. The average Bonchev–Trinajstić information content (AvgIpc) is 3.25. The number of urea groups is 1. The number of rotatable bonds is 6. The number of likely N-dealkylation sites (tertiary alicyclic amines) is 1. The molecular weight excluding hydrogens is 562 g/mol. The standard InChI is InChI=1S/C33H27ClF2N2O4/c1-19-4-3-5-22(18-19)30(39)27-28(20-8-12-24(35)13-9-20)33(2,31(40)41)38(29(27)21-6-10-23(34)11-7-21)32(42)37-26-16-14-25(36)15-17-26/h3-18,27-29H,1-2H3,(H,37,42)(H,40,41). The Morgan fingerprint density at radius 1 is 0.857 bits per heavy atom.